The second-order valence-electron chi connectivity index (χ2n) is 6.84. The van der Waals surface area contributed by atoms with Crippen molar-refractivity contribution in [2.75, 3.05) is 7.11 Å². The standard InChI is InChI=1S/C23H26N2O2/c1-18(2)25(23(26)21-13-7-8-14-22(21)27-3)17-20-12-9-15-24(20)16-19-10-5-4-6-11-19/h4-15,18H,16-17H2,1-3H3. The zero-order chi connectivity index (χ0) is 19.2. The largest absolute Gasteiger partial charge is 0.496 e. The Morgan fingerprint density at radius 2 is 1.70 bits per heavy atom. The van der Waals surface area contributed by atoms with E-state index in [1.807, 2.05) is 67.3 Å². The number of aromatic nitrogens is 1. The third kappa shape index (κ3) is 4.40. The van der Waals surface area contributed by atoms with E-state index in [2.05, 4.69) is 29.0 Å². The van der Waals surface area contributed by atoms with Crippen LogP contribution >= 0.6 is 0 Å². The first-order valence-electron chi connectivity index (χ1n) is 9.22. The predicted molar refractivity (Wildman–Crippen MR) is 108 cm³/mol. The molecule has 4 nitrogen and oxygen atoms in total. The third-order valence-electron chi connectivity index (χ3n) is 4.67. The molecule has 3 aromatic rings. The van der Waals surface area contributed by atoms with Gasteiger partial charge in [0.1, 0.15) is 5.75 Å². The van der Waals surface area contributed by atoms with Crippen LogP contribution in [0.25, 0.3) is 0 Å². The summed E-state index contributed by atoms with van der Waals surface area (Å²) in [6, 6.07) is 21.9. The maximum Gasteiger partial charge on any atom is 0.258 e. The average molecular weight is 362 g/mol. The molecule has 27 heavy (non-hydrogen) atoms. The van der Waals surface area contributed by atoms with Crippen molar-refractivity contribution in [1.29, 1.82) is 0 Å². The number of methoxy groups -OCH3 is 1. The molecule has 0 aliphatic heterocycles. The van der Waals surface area contributed by atoms with E-state index in [1.54, 1.807) is 7.11 Å². The van der Waals surface area contributed by atoms with Crippen molar-refractivity contribution in [2.24, 2.45) is 0 Å². The van der Waals surface area contributed by atoms with Gasteiger partial charge in [0, 0.05) is 24.5 Å². The molecule has 0 saturated carbocycles. The Morgan fingerprint density at radius 1 is 1.00 bits per heavy atom. The number of amides is 1. The van der Waals surface area contributed by atoms with Gasteiger partial charge in [-0.15, -0.1) is 0 Å². The molecule has 0 N–H and O–H groups in total. The van der Waals surface area contributed by atoms with E-state index in [4.69, 9.17) is 4.74 Å². The van der Waals surface area contributed by atoms with E-state index in [9.17, 15) is 4.79 Å². The molecular weight excluding hydrogens is 336 g/mol. The van der Waals surface area contributed by atoms with E-state index in [0.717, 1.165) is 12.2 Å². The summed E-state index contributed by atoms with van der Waals surface area (Å²) >= 11 is 0. The van der Waals surface area contributed by atoms with Crippen molar-refractivity contribution < 1.29 is 9.53 Å². The maximum atomic E-state index is 13.2. The highest BCUT2D eigenvalue weighted by Crippen LogP contribution is 2.22. The summed E-state index contributed by atoms with van der Waals surface area (Å²) in [5.41, 5.74) is 2.94. The number of benzene rings is 2. The lowest BCUT2D eigenvalue weighted by Crippen LogP contribution is -2.37. The van der Waals surface area contributed by atoms with E-state index < -0.39 is 0 Å². The van der Waals surface area contributed by atoms with E-state index in [0.29, 0.717) is 17.9 Å². The van der Waals surface area contributed by atoms with Gasteiger partial charge in [0.05, 0.1) is 19.2 Å². The Labute approximate surface area is 161 Å². The van der Waals surface area contributed by atoms with Crippen LogP contribution in [0, 0.1) is 0 Å². The highest BCUT2D eigenvalue weighted by molar-refractivity contribution is 5.97. The van der Waals surface area contributed by atoms with Crippen molar-refractivity contribution in [3.63, 3.8) is 0 Å². The zero-order valence-electron chi connectivity index (χ0n) is 16.1. The van der Waals surface area contributed by atoms with Crippen LogP contribution in [0.2, 0.25) is 0 Å². The minimum atomic E-state index is -0.0186. The fourth-order valence-electron chi connectivity index (χ4n) is 3.17. The van der Waals surface area contributed by atoms with Crippen molar-refractivity contribution in [2.45, 2.75) is 33.0 Å². The third-order valence-corrected chi connectivity index (χ3v) is 4.67. The van der Waals surface area contributed by atoms with Gasteiger partial charge >= 0.3 is 0 Å². The Morgan fingerprint density at radius 3 is 2.41 bits per heavy atom. The van der Waals surface area contributed by atoms with E-state index in [1.165, 1.54) is 5.56 Å². The maximum absolute atomic E-state index is 13.2. The quantitative estimate of drug-likeness (QED) is 0.616. The van der Waals surface area contributed by atoms with Crippen molar-refractivity contribution in [3.8, 4) is 5.75 Å². The minimum absolute atomic E-state index is 0.0186. The molecule has 2 aromatic carbocycles. The molecule has 0 spiro atoms. The number of hydrogen-bond donors (Lipinski definition) is 0. The Balaban J connectivity index is 1.84. The number of nitrogens with zero attached hydrogens (tertiary/aromatic N) is 2. The topological polar surface area (TPSA) is 34.5 Å². The fraction of sp³-hybridized carbons (Fsp3) is 0.261. The van der Waals surface area contributed by atoms with Gasteiger partial charge in [0.2, 0.25) is 0 Å². The summed E-state index contributed by atoms with van der Waals surface area (Å²) in [5.74, 6) is 0.586. The molecule has 0 radical (unpaired) electrons. The van der Waals surface area contributed by atoms with Crippen molar-refractivity contribution in [3.05, 3.63) is 89.7 Å². The molecule has 4 heteroatoms. The Bertz CT molecular complexity index is 884. The SMILES string of the molecule is COc1ccccc1C(=O)N(Cc1cccn1Cc1ccccc1)C(C)C. The van der Waals surface area contributed by atoms with Gasteiger partial charge in [0.25, 0.3) is 5.91 Å². The van der Waals surface area contributed by atoms with Crippen LogP contribution in [-0.4, -0.2) is 28.5 Å². The smallest absolute Gasteiger partial charge is 0.258 e. The molecule has 0 atom stereocenters. The molecule has 0 aliphatic carbocycles. The number of ether oxygens (including phenoxy) is 1. The lowest BCUT2D eigenvalue weighted by Gasteiger charge is -2.28. The van der Waals surface area contributed by atoms with E-state index in [-0.39, 0.29) is 11.9 Å². The lowest BCUT2D eigenvalue weighted by molar-refractivity contribution is 0.0682. The van der Waals surface area contributed by atoms with Gasteiger partial charge in [0.15, 0.2) is 0 Å². The highest BCUT2D eigenvalue weighted by atomic mass is 16.5. The number of carbonyl (C=O) groups excluding carboxylic acids is 1. The van der Waals surface area contributed by atoms with Crippen LogP contribution in [0.15, 0.2) is 72.9 Å². The molecule has 1 aromatic heterocycles. The second-order valence-corrected chi connectivity index (χ2v) is 6.84. The summed E-state index contributed by atoms with van der Waals surface area (Å²) in [5, 5.41) is 0. The molecule has 1 heterocycles. The molecule has 0 fully saturated rings. The summed E-state index contributed by atoms with van der Waals surface area (Å²) in [6.45, 7) is 5.42. The highest BCUT2D eigenvalue weighted by Gasteiger charge is 2.23. The van der Waals surface area contributed by atoms with Crippen LogP contribution in [-0.2, 0) is 13.1 Å². The van der Waals surface area contributed by atoms with Crippen LogP contribution < -0.4 is 4.74 Å². The molecule has 1 amide bonds. The lowest BCUT2D eigenvalue weighted by atomic mass is 10.1. The van der Waals surface area contributed by atoms with E-state index >= 15 is 0 Å². The second kappa shape index (κ2) is 8.58. The minimum Gasteiger partial charge on any atom is -0.496 e. The molecule has 0 unspecified atom stereocenters. The molecule has 3 rings (SSSR count). The first kappa shape index (κ1) is 18.8. The van der Waals surface area contributed by atoms with Crippen LogP contribution in [0.3, 0.4) is 0 Å². The zero-order valence-corrected chi connectivity index (χ0v) is 16.1. The van der Waals surface area contributed by atoms with Gasteiger partial charge in [-0.05, 0) is 43.7 Å². The molecule has 0 bridgehead atoms. The van der Waals surface area contributed by atoms with Gasteiger partial charge in [-0.3, -0.25) is 4.79 Å². The number of hydrogen-bond acceptors (Lipinski definition) is 2. The normalized spacial score (nSPS) is 10.8. The van der Waals surface area contributed by atoms with Crippen LogP contribution in [0.1, 0.15) is 35.5 Å². The predicted octanol–water partition coefficient (Wildman–Crippen LogP) is 4.60. The Kier molecular flexibility index (Phi) is 5.97. The fourth-order valence-corrected chi connectivity index (χ4v) is 3.17. The van der Waals surface area contributed by atoms with Crippen molar-refractivity contribution >= 4 is 5.91 Å². The Hall–Kier alpha value is -3.01. The number of para-hydroxylation sites is 1. The molecule has 0 saturated heterocycles. The summed E-state index contributed by atoms with van der Waals surface area (Å²) in [7, 11) is 1.59. The monoisotopic (exact) mass is 362 g/mol. The van der Waals surface area contributed by atoms with Crippen LogP contribution in [0.5, 0.6) is 5.75 Å². The number of carbonyl (C=O) groups is 1. The number of rotatable bonds is 7. The molecular formula is C23H26N2O2. The summed E-state index contributed by atoms with van der Waals surface area (Å²) in [4.78, 5) is 15.1. The first-order valence-corrected chi connectivity index (χ1v) is 9.22. The van der Waals surface area contributed by atoms with Gasteiger partial charge in [-0.2, -0.15) is 0 Å². The van der Waals surface area contributed by atoms with Gasteiger partial charge in [-0.1, -0.05) is 42.5 Å². The average Bonchev–Trinajstić information content (AvgIpc) is 3.12. The van der Waals surface area contributed by atoms with Crippen molar-refractivity contribution in [1.82, 2.24) is 9.47 Å². The first-order chi connectivity index (χ1) is 13.1. The van der Waals surface area contributed by atoms with Gasteiger partial charge in [-0.25, -0.2) is 0 Å². The van der Waals surface area contributed by atoms with Crippen LogP contribution in [0.4, 0.5) is 0 Å². The molecule has 0 aliphatic rings. The van der Waals surface area contributed by atoms with Gasteiger partial charge < -0.3 is 14.2 Å². The molecule has 140 valence electrons. The summed E-state index contributed by atoms with van der Waals surface area (Å²) < 4.78 is 7.58. The summed E-state index contributed by atoms with van der Waals surface area (Å²) in [6.07, 6.45) is 2.06.